The molecule has 0 aromatic heterocycles. The molecule has 2 amide bonds. The number of carbonyl (C=O) groups excluding carboxylic acids is 2. The Bertz CT molecular complexity index is 668. The number of carbonyl (C=O) groups is 2. The Labute approximate surface area is 168 Å². The highest BCUT2D eigenvalue weighted by Gasteiger charge is 2.31. The summed E-state index contributed by atoms with van der Waals surface area (Å²) in [4.78, 5) is 28.1. The Kier molecular flexibility index (Phi) is 8.62. The summed E-state index contributed by atoms with van der Waals surface area (Å²) in [6.45, 7) is 16.0. The zero-order valence-corrected chi connectivity index (χ0v) is 19.1. The number of benzene rings is 1. The van der Waals surface area contributed by atoms with Crippen LogP contribution in [0.5, 0.6) is 11.5 Å². The molecule has 27 heavy (non-hydrogen) atoms. The second kappa shape index (κ2) is 9.99. The van der Waals surface area contributed by atoms with E-state index in [-0.39, 0.29) is 5.75 Å². The van der Waals surface area contributed by atoms with Crippen LogP contribution in [-0.4, -0.2) is 56.2 Å². The normalized spacial score (nSPS) is 11.1. The van der Waals surface area contributed by atoms with Crippen LogP contribution in [0.1, 0.15) is 27.7 Å². The molecular weight excluding hydrogens is 384 g/mol. The van der Waals surface area contributed by atoms with Crippen molar-refractivity contribution in [1.29, 1.82) is 0 Å². The topological polar surface area (TPSA) is 59.1 Å². The molecule has 0 N–H and O–H groups in total. The molecule has 0 aliphatic heterocycles. The molecular formula is C19H31ClN2O4Si. The number of rotatable bonds is 7. The van der Waals surface area contributed by atoms with E-state index in [0.717, 1.165) is 5.19 Å². The zero-order valence-electron chi connectivity index (χ0n) is 17.4. The number of ether oxygens (including phenoxy) is 2. The van der Waals surface area contributed by atoms with Crippen LogP contribution in [0.3, 0.4) is 0 Å². The Hall–Kier alpha value is -1.73. The fraction of sp³-hybridized carbons (Fsp3) is 0.579. The lowest BCUT2D eigenvalue weighted by Gasteiger charge is -2.27. The van der Waals surface area contributed by atoms with Gasteiger partial charge in [0.1, 0.15) is 5.75 Å². The minimum Gasteiger partial charge on any atom is -0.410 e. The molecule has 0 bridgehead atoms. The molecule has 0 fully saturated rings. The predicted octanol–water partition coefficient (Wildman–Crippen LogP) is 4.57. The molecule has 1 rings (SSSR count). The standard InChI is InChI=1S/C19H31ClN2O4Si/c1-8-21(9-2)18(23)25-15-13-12-14(20)16(17(15)27(5,6)7)26-19(24)22(10-3)11-4/h12-13H,8-11H2,1-7H3. The average Bonchev–Trinajstić information content (AvgIpc) is 2.58. The lowest BCUT2D eigenvalue weighted by Crippen LogP contribution is -2.43. The SMILES string of the molecule is CCN(CC)C(=O)Oc1ccc(Cl)c(OC(=O)N(CC)CC)c1[Si](C)(C)C. The van der Waals surface area contributed by atoms with Crippen LogP contribution in [0, 0.1) is 0 Å². The van der Waals surface area contributed by atoms with Gasteiger partial charge < -0.3 is 19.3 Å². The van der Waals surface area contributed by atoms with Gasteiger partial charge >= 0.3 is 12.2 Å². The first-order valence-corrected chi connectivity index (χ1v) is 13.2. The van der Waals surface area contributed by atoms with Gasteiger partial charge in [-0.2, -0.15) is 0 Å². The van der Waals surface area contributed by atoms with Crippen molar-refractivity contribution in [2.45, 2.75) is 47.3 Å². The van der Waals surface area contributed by atoms with Crippen LogP contribution in [0.2, 0.25) is 24.7 Å². The molecule has 152 valence electrons. The van der Waals surface area contributed by atoms with Gasteiger partial charge in [-0.05, 0) is 39.8 Å². The Balaban J connectivity index is 3.38. The fourth-order valence-electron chi connectivity index (χ4n) is 2.71. The van der Waals surface area contributed by atoms with Gasteiger partial charge in [-0.15, -0.1) is 0 Å². The molecule has 0 aliphatic carbocycles. The van der Waals surface area contributed by atoms with E-state index >= 15 is 0 Å². The lowest BCUT2D eigenvalue weighted by molar-refractivity contribution is 0.156. The largest absolute Gasteiger partial charge is 0.415 e. The second-order valence-electron chi connectivity index (χ2n) is 7.08. The third kappa shape index (κ3) is 5.87. The van der Waals surface area contributed by atoms with E-state index in [0.29, 0.717) is 37.0 Å². The van der Waals surface area contributed by atoms with Crippen LogP contribution in [0.15, 0.2) is 12.1 Å². The molecule has 0 radical (unpaired) electrons. The zero-order chi connectivity index (χ0) is 20.8. The van der Waals surface area contributed by atoms with Crippen LogP contribution in [-0.2, 0) is 0 Å². The van der Waals surface area contributed by atoms with E-state index in [9.17, 15) is 9.59 Å². The van der Waals surface area contributed by atoms with Crippen molar-refractivity contribution in [3.05, 3.63) is 17.2 Å². The summed E-state index contributed by atoms with van der Waals surface area (Å²) >= 11 is 6.37. The third-order valence-corrected chi connectivity index (χ3v) is 6.52. The maximum atomic E-state index is 12.5. The molecule has 0 heterocycles. The number of amides is 2. The molecule has 1 aromatic rings. The summed E-state index contributed by atoms with van der Waals surface area (Å²) in [6.07, 6.45) is -0.892. The average molecular weight is 415 g/mol. The molecule has 0 saturated heterocycles. The summed E-state index contributed by atoms with van der Waals surface area (Å²) in [5.41, 5.74) is 0. The molecule has 0 saturated carbocycles. The van der Waals surface area contributed by atoms with Crippen molar-refractivity contribution >= 4 is 37.0 Å². The second-order valence-corrected chi connectivity index (χ2v) is 12.5. The Morgan fingerprint density at radius 3 is 1.74 bits per heavy atom. The van der Waals surface area contributed by atoms with Gasteiger partial charge in [0.25, 0.3) is 0 Å². The highest BCUT2D eigenvalue weighted by Crippen LogP contribution is 2.31. The van der Waals surface area contributed by atoms with Gasteiger partial charge in [0.15, 0.2) is 5.75 Å². The van der Waals surface area contributed by atoms with Crippen molar-refractivity contribution in [2.75, 3.05) is 26.2 Å². The van der Waals surface area contributed by atoms with Crippen LogP contribution >= 0.6 is 11.6 Å². The first-order chi connectivity index (χ1) is 12.6. The lowest BCUT2D eigenvalue weighted by atomic mass is 10.3. The number of halogens is 1. The quantitative estimate of drug-likeness (QED) is 0.613. The highest BCUT2D eigenvalue weighted by molar-refractivity contribution is 6.90. The Morgan fingerprint density at radius 2 is 1.33 bits per heavy atom. The van der Waals surface area contributed by atoms with Crippen molar-refractivity contribution in [3.63, 3.8) is 0 Å². The summed E-state index contributed by atoms with van der Waals surface area (Å²) in [6, 6.07) is 3.27. The van der Waals surface area contributed by atoms with Gasteiger partial charge in [-0.25, -0.2) is 9.59 Å². The minimum absolute atomic E-state index is 0.289. The maximum Gasteiger partial charge on any atom is 0.415 e. The molecule has 0 aliphatic rings. The fourth-order valence-corrected chi connectivity index (χ4v) is 4.72. The van der Waals surface area contributed by atoms with E-state index in [4.69, 9.17) is 21.1 Å². The van der Waals surface area contributed by atoms with E-state index in [1.165, 1.54) is 0 Å². The van der Waals surface area contributed by atoms with Crippen LogP contribution < -0.4 is 14.7 Å². The van der Waals surface area contributed by atoms with Crippen LogP contribution in [0.4, 0.5) is 9.59 Å². The smallest absolute Gasteiger partial charge is 0.410 e. The number of nitrogens with zero attached hydrogens (tertiary/aromatic N) is 2. The van der Waals surface area contributed by atoms with E-state index in [1.807, 2.05) is 27.7 Å². The summed E-state index contributed by atoms with van der Waals surface area (Å²) in [7, 11) is -2.07. The molecule has 0 spiro atoms. The van der Waals surface area contributed by atoms with E-state index in [2.05, 4.69) is 19.6 Å². The van der Waals surface area contributed by atoms with E-state index in [1.54, 1.807) is 21.9 Å². The highest BCUT2D eigenvalue weighted by atomic mass is 35.5. The predicted molar refractivity (Wildman–Crippen MR) is 112 cm³/mol. The van der Waals surface area contributed by atoms with Crippen molar-refractivity contribution in [2.24, 2.45) is 0 Å². The number of hydrogen-bond acceptors (Lipinski definition) is 4. The van der Waals surface area contributed by atoms with Gasteiger partial charge in [0, 0.05) is 31.4 Å². The summed E-state index contributed by atoms with van der Waals surface area (Å²) < 4.78 is 11.3. The minimum atomic E-state index is -2.07. The molecule has 8 heteroatoms. The van der Waals surface area contributed by atoms with Crippen molar-refractivity contribution in [3.8, 4) is 11.5 Å². The molecule has 6 nitrogen and oxygen atoms in total. The van der Waals surface area contributed by atoms with Gasteiger partial charge in [0.05, 0.1) is 13.1 Å². The van der Waals surface area contributed by atoms with E-state index < -0.39 is 20.3 Å². The first-order valence-electron chi connectivity index (χ1n) is 9.36. The van der Waals surface area contributed by atoms with Gasteiger partial charge in [0.2, 0.25) is 0 Å². The third-order valence-electron chi connectivity index (χ3n) is 4.25. The summed E-state index contributed by atoms with van der Waals surface area (Å²) in [5.74, 6) is 0.690. The van der Waals surface area contributed by atoms with Gasteiger partial charge in [-0.1, -0.05) is 31.2 Å². The van der Waals surface area contributed by atoms with Gasteiger partial charge in [-0.3, -0.25) is 0 Å². The maximum absolute atomic E-state index is 12.5. The number of hydrogen-bond donors (Lipinski definition) is 0. The molecule has 1 aromatic carbocycles. The monoisotopic (exact) mass is 414 g/mol. The molecule has 0 unspecified atom stereocenters. The van der Waals surface area contributed by atoms with Crippen molar-refractivity contribution in [1.82, 2.24) is 9.80 Å². The summed E-state index contributed by atoms with van der Waals surface area (Å²) in [5, 5.41) is 1.05. The van der Waals surface area contributed by atoms with Crippen molar-refractivity contribution < 1.29 is 19.1 Å². The first kappa shape index (κ1) is 23.3. The Morgan fingerprint density at radius 1 is 0.889 bits per heavy atom. The van der Waals surface area contributed by atoms with Crippen LogP contribution in [0.25, 0.3) is 0 Å². The molecule has 0 atom stereocenters.